The summed E-state index contributed by atoms with van der Waals surface area (Å²) in [4.78, 5) is 14.6. The van der Waals surface area contributed by atoms with Crippen molar-refractivity contribution < 1.29 is 14.3 Å². The fourth-order valence-corrected chi connectivity index (χ4v) is 4.15. The lowest BCUT2D eigenvalue weighted by molar-refractivity contribution is -0.117. The maximum Gasteiger partial charge on any atom is 0.238 e. The van der Waals surface area contributed by atoms with Crippen molar-refractivity contribution in [2.75, 3.05) is 39.2 Å². The second kappa shape index (κ2) is 10.6. The van der Waals surface area contributed by atoms with Gasteiger partial charge in [-0.15, -0.1) is 0 Å². The molecule has 0 saturated carbocycles. The Morgan fingerprint density at radius 2 is 1.76 bits per heavy atom. The van der Waals surface area contributed by atoms with Crippen molar-refractivity contribution in [1.29, 1.82) is 0 Å². The van der Waals surface area contributed by atoms with Crippen LogP contribution in [0.1, 0.15) is 24.8 Å². The van der Waals surface area contributed by atoms with Crippen molar-refractivity contribution in [2.45, 2.75) is 25.7 Å². The molecule has 0 radical (unpaired) electrons. The molecule has 0 unspecified atom stereocenters. The number of amides is 1. The molecule has 2 aromatic rings. The predicted molar refractivity (Wildman–Crippen MR) is 120 cm³/mol. The Labute approximate surface area is 181 Å². The zero-order valence-electron chi connectivity index (χ0n) is 17.1. The second-order valence-corrected chi connectivity index (χ2v) is 8.36. The molecule has 0 aliphatic carbocycles. The van der Waals surface area contributed by atoms with Crippen molar-refractivity contribution in [2.24, 2.45) is 5.92 Å². The number of halogens is 1. The summed E-state index contributed by atoms with van der Waals surface area (Å²) in [6.45, 7) is 2.38. The zero-order valence-corrected chi connectivity index (χ0v) is 18.7. The highest BCUT2D eigenvalue weighted by atomic mass is 79.9. The molecule has 0 spiro atoms. The number of hydrogen-bond acceptors (Lipinski definition) is 4. The van der Waals surface area contributed by atoms with E-state index in [1.54, 1.807) is 14.2 Å². The summed E-state index contributed by atoms with van der Waals surface area (Å²) in [5, 5.41) is 2.99. The third kappa shape index (κ3) is 6.47. The van der Waals surface area contributed by atoms with Crippen LogP contribution in [0.4, 0.5) is 5.69 Å². The molecular weight excluding hydrogens is 432 g/mol. The maximum absolute atomic E-state index is 12.3. The summed E-state index contributed by atoms with van der Waals surface area (Å²) < 4.78 is 11.6. The summed E-state index contributed by atoms with van der Waals surface area (Å²) >= 11 is 3.47. The van der Waals surface area contributed by atoms with E-state index in [0.29, 0.717) is 12.5 Å². The lowest BCUT2D eigenvalue weighted by Crippen LogP contribution is -2.39. The van der Waals surface area contributed by atoms with Crippen LogP contribution >= 0.6 is 15.9 Å². The first-order valence-corrected chi connectivity index (χ1v) is 10.9. The van der Waals surface area contributed by atoms with Crippen LogP contribution in [-0.2, 0) is 11.2 Å². The molecule has 3 rings (SSSR count). The van der Waals surface area contributed by atoms with Gasteiger partial charge in [-0.25, -0.2) is 0 Å². The lowest BCUT2D eigenvalue weighted by Gasteiger charge is -2.31. The van der Waals surface area contributed by atoms with E-state index in [1.807, 2.05) is 30.3 Å². The van der Waals surface area contributed by atoms with E-state index < -0.39 is 0 Å². The molecule has 1 fully saturated rings. The monoisotopic (exact) mass is 460 g/mol. The van der Waals surface area contributed by atoms with Gasteiger partial charge in [0.1, 0.15) is 11.5 Å². The Morgan fingerprint density at radius 3 is 2.38 bits per heavy atom. The molecule has 1 saturated heterocycles. The van der Waals surface area contributed by atoms with Gasteiger partial charge in [-0.05, 0) is 90.4 Å². The third-order valence-electron chi connectivity index (χ3n) is 5.47. The Kier molecular flexibility index (Phi) is 7.95. The molecule has 1 aliphatic rings. The van der Waals surface area contributed by atoms with Crippen LogP contribution < -0.4 is 14.8 Å². The van der Waals surface area contributed by atoms with Crippen LogP contribution in [0.2, 0.25) is 0 Å². The normalized spacial score (nSPS) is 15.1. The average Bonchev–Trinajstić information content (AvgIpc) is 2.74. The summed E-state index contributed by atoms with van der Waals surface area (Å²) in [6.07, 6.45) is 4.42. The molecule has 1 amide bonds. The van der Waals surface area contributed by atoms with Crippen LogP contribution in [0.15, 0.2) is 46.9 Å². The molecule has 1 aliphatic heterocycles. The van der Waals surface area contributed by atoms with E-state index in [0.717, 1.165) is 60.4 Å². The van der Waals surface area contributed by atoms with E-state index in [-0.39, 0.29) is 5.91 Å². The largest absolute Gasteiger partial charge is 0.497 e. The number of anilines is 1. The minimum Gasteiger partial charge on any atom is -0.497 e. The first-order valence-electron chi connectivity index (χ1n) is 10.1. The highest BCUT2D eigenvalue weighted by Crippen LogP contribution is 2.27. The molecule has 1 N–H and O–H groups in total. The van der Waals surface area contributed by atoms with Gasteiger partial charge in [0.25, 0.3) is 0 Å². The number of methoxy groups -OCH3 is 2. The van der Waals surface area contributed by atoms with Crippen molar-refractivity contribution in [3.63, 3.8) is 0 Å². The van der Waals surface area contributed by atoms with Gasteiger partial charge >= 0.3 is 0 Å². The van der Waals surface area contributed by atoms with Gasteiger partial charge in [0.2, 0.25) is 5.91 Å². The molecule has 5 nitrogen and oxygen atoms in total. The number of carbonyl (C=O) groups is 1. The molecule has 0 atom stereocenters. The van der Waals surface area contributed by atoms with Crippen LogP contribution in [0.25, 0.3) is 0 Å². The lowest BCUT2D eigenvalue weighted by atomic mass is 9.90. The Morgan fingerprint density at radius 1 is 1.10 bits per heavy atom. The fourth-order valence-electron chi connectivity index (χ4n) is 3.77. The van der Waals surface area contributed by atoms with Gasteiger partial charge in [0.15, 0.2) is 0 Å². The second-order valence-electron chi connectivity index (χ2n) is 7.51. The topological polar surface area (TPSA) is 50.8 Å². The fraction of sp³-hybridized carbons (Fsp3) is 0.435. The first kappa shape index (κ1) is 21.7. The Bertz CT molecular complexity index is 797. The molecule has 2 aromatic carbocycles. The summed E-state index contributed by atoms with van der Waals surface area (Å²) in [7, 11) is 3.36. The van der Waals surface area contributed by atoms with Crippen molar-refractivity contribution in [3.05, 3.63) is 52.5 Å². The van der Waals surface area contributed by atoms with Gasteiger partial charge in [-0.2, -0.15) is 0 Å². The van der Waals surface area contributed by atoms with E-state index in [4.69, 9.17) is 9.47 Å². The van der Waals surface area contributed by atoms with E-state index in [9.17, 15) is 4.79 Å². The molecule has 0 bridgehead atoms. The number of nitrogens with zero attached hydrogens (tertiary/aromatic N) is 1. The van der Waals surface area contributed by atoms with Crippen LogP contribution in [0.5, 0.6) is 11.5 Å². The van der Waals surface area contributed by atoms with Crippen molar-refractivity contribution in [1.82, 2.24) is 4.90 Å². The quantitative estimate of drug-likeness (QED) is 0.617. The number of rotatable bonds is 8. The Hall–Kier alpha value is -2.05. The summed E-state index contributed by atoms with van der Waals surface area (Å²) in [5.74, 6) is 2.41. The van der Waals surface area contributed by atoms with Crippen LogP contribution in [-0.4, -0.2) is 44.7 Å². The molecule has 156 valence electrons. The van der Waals surface area contributed by atoms with E-state index >= 15 is 0 Å². The molecular formula is C23H29BrN2O3. The van der Waals surface area contributed by atoms with Gasteiger partial charge in [-0.3, -0.25) is 9.69 Å². The minimum atomic E-state index is 0.0406. The molecule has 6 heteroatoms. The van der Waals surface area contributed by atoms with Gasteiger partial charge < -0.3 is 14.8 Å². The smallest absolute Gasteiger partial charge is 0.238 e. The number of carbonyl (C=O) groups excluding carboxylic acids is 1. The Balaban J connectivity index is 1.42. The standard InChI is InChI=1S/C23H29BrN2O3/c1-28-19-13-18(14-20(15-19)29-2)8-7-17-9-11-26(12-10-17)16-23(27)25-22-6-4-3-5-21(22)24/h3-6,13-15,17H,7-12,16H2,1-2H3,(H,25,27). The maximum atomic E-state index is 12.3. The van der Waals surface area contributed by atoms with Crippen LogP contribution in [0, 0.1) is 5.92 Å². The van der Waals surface area contributed by atoms with Gasteiger partial charge in [0, 0.05) is 10.5 Å². The van der Waals surface area contributed by atoms with Gasteiger partial charge in [0.05, 0.1) is 26.5 Å². The number of piperidine rings is 1. The van der Waals surface area contributed by atoms with Crippen molar-refractivity contribution in [3.8, 4) is 11.5 Å². The first-order chi connectivity index (χ1) is 14.1. The average molecular weight is 461 g/mol. The number of nitrogens with one attached hydrogen (secondary N) is 1. The number of hydrogen-bond donors (Lipinski definition) is 1. The van der Waals surface area contributed by atoms with Crippen molar-refractivity contribution >= 4 is 27.5 Å². The number of para-hydroxylation sites is 1. The predicted octanol–water partition coefficient (Wildman–Crippen LogP) is 4.75. The van der Waals surface area contributed by atoms with E-state index in [1.165, 1.54) is 5.56 Å². The molecule has 29 heavy (non-hydrogen) atoms. The number of benzene rings is 2. The SMILES string of the molecule is COc1cc(CCC2CCN(CC(=O)Nc3ccccc3Br)CC2)cc(OC)c1. The zero-order chi connectivity index (χ0) is 20.6. The summed E-state index contributed by atoms with van der Waals surface area (Å²) in [5.41, 5.74) is 2.07. The molecule has 1 heterocycles. The van der Waals surface area contributed by atoms with Gasteiger partial charge in [-0.1, -0.05) is 12.1 Å². The number of ether oxygens (including phenoxy) is 2. The van der Waals surface area contributed by atoms with Crippen LogP contribution in [0.3, 0.4) is 0 Å². The molecule has 0 aromatic heterocycles. The highest BCUT2D eigenvalue weighted by Gasteiger charge is 2.21. The number of likely N-dealkylation sites (tertiary alicyclic amines) is 1. The number of aryl methyl sites for hydroxylation is 1. The highest BCUT2D eigenvalue weighted by molar-refractivity contribution is 9.10. The van der Waals surface area contributed by atoms with E-state index in [2.05, 4.69) is 38.3 Å². The summed E-state index contributed by atoms with van der Waals surface area (Å²) in [6, 6.07) is 13.8. The minimum absolute atomic E-state index is 0.0406. The third-order valence-corrected chi connectivity index (χ3v) is 6.17.